The molecule has 0 radical (unpaired) electrons. The molecule has 4 unspecified atom stereocenters. The molecule has 1 aliphatic heterocycles. The number of hydrogen-bond donors (Lipinski definition) is 1. The van der Waals surface area contributed by atoms with Gasteiger partial charge in [0.1, 0.15) is 18.5 Å². The van der Waals surface area contributed by atoms with Crippen LogP contribution in [0, 0.1) is 11.8 Å². The molecule has 194 valence electrons. The summed E-state index contributed by atoms with van der Waals surface area (Å²) in [5.41, 5.74) is 1.72. The number of hydrogen-bond acceptors (Lipinski definition) is 6. The Hall–Kier alpha value is -3.16. The van der Waals surface area contributed by atoms with Crippen molar-refractivity contribution in [3.8, 4) is 5.75 Å². The van der Waals surface area contributed by atoms with Crippen LogP contribution in [-0.4, -0.2) is 54.9 Å². The lowest BCUT2D eigenvalue weighted by atomic mass is 9.96. The number of esters is 1. The first-order valence-electron chi connectivity index (χ1n) is 12.5. The second-order valence-electron chi connectivity index (χ2n) is 9.22. The third-order valence-corrected chi connectivity index (χ3v) is 6.35. The number of nitrogens with zero attached hydrogens (tertiary/aromatic N) is 1. The summed E-state index contributed by atoms with van der Waals surface area (Å²) in [6.45, 7) is 4.46. The van der Waals surface area contributed by atoms with Crippen LogP contribution in [0.4, 0.5) is 0 Å². The number of ether oxygens (including phenoxy) is 3. The maximum Gasteiger partial charge on any atom is 0.309 e. The van der Waals surface area contributed by atoms with Crippen molar-refractivity contribution in [2.24, 2.45) is 11.8 Å². The fraction of sp³-hybridized carbons (Fsp3) is 0.448. The minimum Gasteiger partial charge on any atom is -0.491 e. The lowest BCUT2D eigenvalue weighted by molar-refractivity contribution is -0.163. The van der Waals surface area contributed by atoms with Gasteiger partial charge >= 0.3 is 5.97 Å². The number of amides is 1. The molecular formula is C29H37NO6. The van der Waals surface area contributed by atoms with E-state index in [0.717, 1.165) is 11.1 Å². The van der Waals surface area contributed by atoms with E-state index in [0.29, 0.717) is 25.1 Å². The first-order chi connectivity index (χ1) is 17.4. The van der Waals surface area contributed by atoms with Gasteiger partial charge in [0.15, 0.2) is 0 Å². The first kappa shape index (κ1) is 27.4. The van der Waals surface area contributed by atoms with Gasteiger partial charge in [-0.15, -0.1) is 0 Å². The van der Waals surface area contributed by atoms with Gasteiger partial charge < -0.3 is 24.2 Å². The Labute approximate surface area is 213 Å². The third-order valence-electron chi connectivity index (χ3n) is 6.35. The smallest absolute Gasteiger partial charge is 0.309 e. The Morgan fingerprint density at radius 3 is 2.28 bits per heavy atom. The van der Waals surface area contributed by atoms with Gasteiger partial charge in [0.05, 0.1) is 25.2 Å². The average molecular weight is 496 g/mol. The molecule has 0 saturated carbocycles. The quantitative estimate of drug-likeness (QED) is 0.434. The van der Waals surface area contributed by atoms with Crippen molar-refractivity contribution in [2.75, 3.05) is 26.9 Å². The molecule has 0 fully saturated rings. The molecule has 0 aliphatic carbocycles. The lowest BCUT2D eigenvalue weighted by Gasteiger charge is -2.38. The molecule has 2 aromatic rings. The Bertz CT molecular complexity index is 991. The number of carbonyl (C=O) groups is 2. The summed E-state index contributed by atoms with van der Waals surface area (Å²) in [5, 5.41) is 8.99. The fourth-order valence-electron chi connectivity index (χ4n) is 4.26. The molecule has 1 aliphatic rings. The van der Waals surface area contributed by atoms with E-state index >= 15 is 0 Å². The average Bonchev–Trinajstić information content (AvgIpc) is 2.90. The zero-order chi connectivity index (χ0) is 25.9. The zero-order valence-corrected chi connectivity index (χ0v) is 21.3. The zero-order valence-electron chi connectivity index (χ0n) is 21.3. The van der Waals surface area contributed by atoms with Crippen LogP contribution in [-0.2, 0) is 25.6 Å². The van der Waals surface area contributed by atoms with Crippen molar-refractivity contribution < 1.29 is 28.9 Å². The van der Waals surface area contributed by atoms with Crippen LogP contribution in [0.2, 0.25) is 0 Å². The van der Waals surface area contributed by atoms with Crippen molar-refractivity contribution in [1.29, 1.82) is 0 Å². The number of allylic oxidation sites excluding steroid dienone is 2. The van der Waals surface area contributed by atoms with Crippen LogP contribution < -0.4 is 4.74 Å². The van der Waals surface area contributed by atoms with Crippen molar-refractivity contribution in [3.63, 3.8) is 0 Å². The second kappa shape index (κ2) is 13.8. The normalized spacial score (nSPS) is 23.5. The van der Waals surface area contributed by atoms with Crippen LogP contribution in [0.3, 0.4) is 0 Å². The topological polar surface area (TPSA) is 85.3 Å². The van der Waals surface area contributed by atoms with Gasteiger partial charge in [-0.3, -0.25) is 9.59 Å². The second-order valence-corrected chi connectivity index (χ2v) is 9.22. The van der Waals surface area contributed by atoms with E-state index in [1.807, 2.05) is 80.6 Å². The molecule has 1 heterocycles. The number of benzene rings is 2. The highest BCUT2D eigenvalue weighted by Gasteiger charge is 2.37. The highest BCUT2D eigenvalue weighted by atomic mass is 16.5. The van der Waals surface area contributed by atoms with Crippen LogP contribution >= 0.6 is 0 Å². The van der Waals surface area contributed by atoms with Crippen molar-refractivity contribution in [2.45, 2.75) is 45.4 Å². The van der Waals surface area contributed by atoms with Gasteiger partial charge in [-0.1, -0.05) is 68.5 Å². The van der Waals surface area contributed by atoms with Gasteiger partial charge in [-0.05, 0) is 36.1 Å². The summed E-state index contributed by atoms with van der Waals surface area (Å²) in [5.74, 6) is -0.255. The van der Waals surface area contributed by atoms with Crippen LogP contribution in [0.5, 0.6) is 5.75 Å². The maximum absolute atomic E-state index is 13.8. The number of aliphatic hydroxyl groups is 1. The van der Waals surface area contributed by atoms with Crippen LogP contribution in [0.15, 0.2) is 66.7 Å². The molecule has 0 aromatic heterocycles. The van der Waals surface area contributed by atoms with Gasteiger partial charge in [0.25, 0.3) is 0 Å². The number of carbonyl (C=O) groups excluding carboxylic acids is 2. The Kier molecular flexibility index (Phi) is 10.5. The molecule has 7 heteroatoms. The van der Waals surface area contributed by atoms with E-state index in [-0.39, 0.29) is 43.5 Å². The van der Waals surface area contributed by atoms with Gasteiger partial charge in [-0.25, -0.2) is 0 Å². The third kappa shape index (κ3) is 7.42. The molecule has 0 saturated heterocycles. The minimum absolute atomic E-state index is 0.0343. The number of cyclic esters (lactones) is 1. The van der Waals surface area contributed by atoms with Crippen molar-refractivity contribution >= 4 is 11.9 Å². The molecule has 3 rings (SSSR count). The first-order valence-corrected chi connectivity index (χ1v) is 12.5. The molecule has 36 heavy (non-hydrogen) atoms. The molecule has 0 spiro atoms. The lowest BCUT2D eigenvalue weighted by Crippen LogP contribution is -2.49. The summed E-state index contributed by atoms with van der Waals surface area (Å²) in [6.07, 6.45) is 4.38. The summed E-state index contributed by atoms with van der Waals surface area (Å²) in [4.78, 5) is 28.7. The Morgan fingerprint density at radius 2 is 1.64 bits per heavy atom. The van der Waals surface area contributed by atoms with E-state index in [4.69, 9.17) is 19.3 Å². The van der Waals surface area contributed by atoms with Gasteiger partial charge in [0.2, 0.25) is 5.91 Å². The SMILES string of the molecule is COCC1C(c2ccccc2)OC(=O)C(C)CC=CCC(C)C(=O)N1Cc1ccc(OCCO)cc1. The number of aliphatic hydroxyl groups excluding tert-OH is 1. The monoisotopic (exact) mass is 495 g/mol. The Morgan fingerprint density at radius 1 is 0.972 bits per heavy atom. The van der Waals surface area contributed by atoms with E-state index in [9.17, 15) is 9.59 Å². The summed E-state index contributed by atoms with van der Waals surface area (Å²) < 4.78 is 17.2. The van der Waals surface area contributed by atoms with E-state index in [2.05, 4.69) is 0 Å². The van der Waals surface area contributed by atoms with Crippen LogP contribution in [0.25, 0.3) is 0 Å². The van der Waals surface area contributed by atoms with E-state index in [1.165, 1.54) is 0 Å². The van der Waals surface area contributed by atoms with Crippen molar-refractivity contribution in [3.05, 3.63) is 77.9 Å². The van der Waals surface area contributed by atoms with E-state index < -0.39 is 12.1 Å². The number of rotatable bonds is 8. The Balaban J connectivity index is 2.03. The minimum atomic E-state index is -0.687. The molecule has 0 bridgehead atoms. The van der Waals surface area contributed by atoms with Gasteiger partial charge in [0, 0.05) is 19.6 Å². The van der Waals surface area contributed by atoms with E-state index in [1.54, 1.807) is 12.0 Å². The standard InChI is InChI=1S/C29H37NO6/c1-21-9-7-8-10-22(2)29(33)36-27(24-11-5-4-6-12-24)26(20-34-3)30(28(21)32)19-23-13-15-25(16-14-23)35-18-17-31/h4-8,11-16,21-22,26-27,31H,9-10,17-20H2,1-3H3. The number of methoxy groups -OCH3 is 1. The molecular weight excluding hydrogens is 458 g/mol. The molecule has 4 atom stereocenters. The molecule has 1 amide bonds. The maximum atomic E-state index is 13.8. The molecule has 2 aromatic carbocycles. The highest BCUT2D eigenvalue weighted by Crippen LogP contribution is 2.31. The van der Waals surface area contributed by atoms with Gasteiger partial charge in [-0.2, -0.15) is 0 Å². The molecule has 7 nitrogen and oxygen atoms in total. The largest absolute Gasteiger partial charge is 0.491 e. The summed E-state index contributed by atoms with van der Waals surface area (Å²) in [7, 11) is 1.59. The fourth-order valence-corrected chi connectivity index (χ4v) is 4.26. The predicted molar refractivity (Wildman–Crippen MR) is 137 cm³/mol. The summed E-state index contributed by atoms with van der Waals surface area (Å²) in [6, 6.07) is 16.4. The van der Waals surface area contributed by atoms with Crippen LogP contribution in [0.1, 0.15) is 43.9 Å². The molecule has 1 N–H and O–H groups in total. The highest BCUT2D eigenvalue weighted by molar-refractivity contribution is 5.79. The predicted octanol–water partition coefficient (Wildman–Crippen LogP) is 4.31. The summed E-state index contributed by atoms with van der Waals surface area (Å²) >= 11 is 0. The van der Waals surface area contributed by atoms with Crippen molar-refractivity contribution in [1.82, 2.24) is 4.90 Å².